The fourth-order valence-corrected chi connectivity index (χ4v) is 3.07. The maximum absolute atomic E-state index is 4.35. The zero-order valence-corrected chi connectivity index (χ0v) is 15.1. The van der Waals surface area contributed by atoms with Gasteiger partial charge in [-0.3, -0.25) is 4.98 Å². The summed E-state index contributed by atoms with van der Waals surface area (Å²) in [6, 6.07) is 11.6. The first-order chi connectivity index (χ1) is 12.3. The van der Waals surface area contributed by atoms with Gasteiger partial charge in [0, 0.05) is 28.1 Å². The van der Waals surface area contributed by atoms with Gasteiger partial charge in [-0.1, -0.05) is 27.3 Å². The Balaban J connectivity index is 1.44. The average Bonchev–Trinajstić information content (AvgIpc) is 3.28. The number of anilines is 2. The highest BCUT2D eigenvalue weighted by atomic mass is 79.9. The minimum atomic E-state index is 0.410. The number of tetrazole rings is 1. The lowest BCUT2D eigenvalue weighted by molar-refractivity contribution is 0.568. The molecular weight excluding hydrogens is 404 g/mol. The first-order valence-corrected chi connectivity index (χ1v) is 8.90. The second-order valence-corrected chi connectivity index (χ2v) is 7.00. The van der Waals surface area contributed by atoms with Crippen molar-refractivity contribution >= 4 is 38.1 Å². The summed E-state index contributed by atoms with van der Waals surface area (Å²) in [5.74, 6) is 0.533. The minimum absolute atomic E-state index is 0.410. The molecular formula is C15H11BrN8S. The zero-order chi connectivity index (χ0) is 17.1. The molecule has 0 amide bonds. The average molecular weight is 415 g/mol. The highest BCUT2D eigenvalue weighted by Crippen LogP contribution is 2.22. The topological polar surface area (TPSA) is 94.3 Å². The zero-order valence-electron chi connectivity index (χ0n) is 12.7. The molecule has 0 fully saturated rings. The molecule has 0 saturated carbocycles. The molecule has 0 atom stereocenters. The number of hydrogen-bond donors (Lipinski definition) is 1. The van der Waals surface area contributed by atoms with Crippen LogP contribution in [0.25, 0.3) is 11.4 Å². The van der Waals surface area contributed by atoms with Crippen LogP contribution in [0.3, 0.4) is 0 Å². The summed E-state index contributed by atoms with van der Waals surface area (Å²) in [6.07, 6.45) is 3.40. The van der Waals surface area contributed by atoms with Crippen LogP contribution in [0.1, 0.15) is 5.01 Å². The van der Waals surface area contributed by atoms with E-state index < -0.39 is 0 Å². The van der Waals surface area contributed by atoms with E-state index in [0.29, 0.717) is 17.5 Å². The van der Waals surface area contributed by atoms with Crippen molar-refractivity contribution in [1.82, 2.24) is 35.4 Å². The molecule has 124 valence electrons. The Labute approximate surface area is 155 Å². The Morgan fingerprint density at radius 3 is 2.76 bits per heavy atom. The number of rotatable bonds is 5. The van der Waals surface area contributed by atoms with Crippen molar-refractivity contribution in [3.63, 3.8) is 0 Å². The number of aromatic nitrogens is 7. The van der Waals surface area contributed by atoms with Gasteiger partial charge in [0.2, 0.25) is 11.0 Å². The molecule has 1 aromatic carbocycles. The van der Waals surface area contributed by atoms with Crippen molar-refractivity contribution in [3.05, 3.63) is 58.3 Å². The monoisotopic (exact) mass is 414 g/mol. The van der Waals surface area contributed by atoms with E-state index in [4.69, 9.17) is 0 Å². The van der Waals surface area contributed by atoms with Gasteiger partial charge in [0.05, 0.1) is 0 Å². The maximum Gasteiger partial charge on any atom is 0.210 e. The molecule has 4 aromatic rings. The van der Waals surface area contributed by atoms with Gasteiger partial charge >= 0.3 is 0 Å². The van der Waals surface area contributed by atoms with Gasteiger partial charge < -0.3 is 5.32 Å². The standard InChI is InChI=1S/C15H11BrN8S/c16-11-3-5-12(6-4-11)18-15-21-19-13(25-15)9-24-22-14(20-23-24)10-2-1-7-17-8-10/h1-8H,9H2,(H,18,21). The van der Waals surface area contributed by atoms with Crippen LogP contribution in [-0.2, 0) is 6.54 Å². The van der Waals surface area contributed by atoms with Gasteiger partial charge in [0.1, 0.15) is 11.6 Å². The van der Waals surface area contributed by atoms with Crippen LogP contribution in [-0.4, -0.2) is 35.4 Å². The Morgan fingerprint density at radius 1 is 1.08 bits per heavy atom. The highest BCUT2D eigenvalue weighted by Gasteiger charge is 2.10. The summed E-state index contributed by atoms with van der Waals surface area (Å²) in [5.41, 5.74) is 1.77. The molecule has 8 nitrogen and oxygen atoms in total. The third-order valence-electron chi connectivity index (χ3n) is 3.21. The lowest BCUT2D eigenvalue weighted by Crippen LogP contribution is -2.03. The number of nitrogens with zero attached hydrogens (tertiary/aromatic N) is 7. The molecule has 0 bridgehead atoms. The summed E-state index contributed by atoms with van der Waals surface area (Å²) in [5, 5.41) is 25.5. The van der Waals surface area contributed by atoms with Crippen molar-refractivity contribution in [2.75, 3.05) is 5.32 Å². The second kappa shape index (κ2) is 7.03. The molecule has 0 aliphatic rings. The molecule has 4 rings (SSSR count). The largest absolute Gasteiger partial charge is 0.330 e. The molecule has 0 spiro atoms. The lowest BCUT2D eigenvalue weighted by Gasteiger charge is -2.00. The van der Waals surface area contributed by atoms with Gasteiger partial charge in [0.25, 0.3) is 0 Å². The fraction of sp³-hybridized carbons (Fsp3) is 0.0667. The second-order valence-electron chi connectivity index (χ2n) is 5.02. The Bertz CT molecular complexity index is 967. The summed E-state index contributed by atoms with van der Waals surface area (Å²) < 4.78 is 1.03. The Kier molecular flexibility index (Phi) is 4.44. The number of hydrogen-bond acceptors (Lipinski definition) is 8. The van der Waals surface area contributed by atoms with Gasteiger partial charge in [-0.05, 0) is 41.6 Å². The third-order valence-corrected chi connectivity index (χ3v) is 4.56. The molecule has 25 heavy (non-hydrogen) atoms. The molecule has 0 saturated heterocycles. The number of nitrogens with one attached hydrogen (secondary N) is 1. The third kappa shape index (κ3) is 3.86. The predicted octanol–water partition coefficient (Wildman–Crippen LogP) is 3.14. The number of benzene rings is 1. The van der Waals surface area contributed by atoms with E-state index in [2.05, 4.69) is 51.8 Å². The van der Waals surface area contributed by atoms with Gasteiger partial charge in [0.15, 0.2) is 0 Å². The summed E-state index contributed by atoms with van der Waals surface area (Å²) >= 11 is 4.86. The van der Waals surface area contributed by atoms with E-state index >= 15 is 0 Å². The quantitative estimate of drug-likeness (QED) is 0.535. The molecule has 0 aliphatic heterocycles. The molecule has 1 N–H and O–H groups in total. The van der Waals surface area contributed by atoms with E-state index in [0.717, 1.165) is 20.7 Å². The summed E-state index contributed by atoms with van der Waals surface area (Å²) in [7, 11) is 0. The van der Waals surface area contributed by atoms with E-state index in [1.165, 1.54) is 16.1 Å². The van der Waals surface area contributed by atoms with Crippen LogP contribution in [0, 0.1) is 0 Å². The summed E-state index contributed by atoms with van der Waals surface area (Å²) in [4.78, 5) is 5.55. The first-order valence-electron chi connectivity index (χ1n) is 7.29. The maximum atomic E-state index is 4.35. The van der Waals surface area contributed by atoms with Crippen LogP contribution < -0.4 is 5.32 Å². The highest BCUT2D eigenvalue weighted by molar-refractivity contribution is 9.10. The smallest absolute Gasteiger partial charge is 0.210 e. The van der Waals surface area contributed by atoms with Crippen molar-refractivity contribution in [1.29, 1.82) is 0 Å². The van der Waals surface area contributed by atoms with Crippen LogP contribution >= 0.6 is 27.3 Å². The van der Waals surface area contributed by atoms with Crippen molar-refractivity contribution in [2.45, 2.75) is 6.54 Å². The van der Waals surface area contributed by atoms with E-state index in [1.54, 1.807) is 12.4 Å². The number of pyridine rings is 1. The van der Waals surface area contributed by atoms with Crippen molar-refractivity contribution in [3.8, 4) is 11.4 Å². The van der Waals surface area contributed by atoms with Crippen LogP contribution in [0.5, 0.6) is 0 Å². The molecule has 0 radical (unpaired) electrons. The van der Waals surface area contributed by atoms with E-state index in [-0.39, 0.29) is 0 Å². The molecule has 3 heterocycles. The van der Waals surface area contributed by atoms with E-state index in [1.807, 2.05) is 36.4 Å². The molecule has 0 aliphatic carbocycles. The van der Waals surface area contributed by atoms with Gasteiger partial charge in [-0.25, -0.2) is 0 Å². The van der Waals surface area contributed by atoms with Crippen LogP contribution in [0.2, 0.25) is 0 Å². The minimum Gasteiger partial charge on any atom is -0.330 e. The normalized spacial score (nSPS) is 10.8. The predicted molar refractivity (Wildman–Crippen MR) is 97.5 cm³/mol. The Hall–Kier alpha value is -2.72. The first kappa shape index (κ1) is 15.8. The fourth-order valence-electron chi connectivity index (χ4n) is 2.07. The molecule has 0 unspecified atom stereocenters. The van der Waals surface area contributed by atoms with Gasteiger partial charge in [-0.15, -0.1) is 20.4 Å². The SMILES string of the molecule is Brc1ccc(Nc2nnc(Cn3nnc(-c4cccnc4)n3)s2)cc1. The van der Waals surface area contributed by atoms with E-state index in [9.17, 15) is 0 Å². The van der Waals surface area contributed by atoms with Gasteiger partial charge in [-0.2, -0.15) is 4.80 Å². The molecule has 10 heteroatoms. The number of halogens is 1. The lowest BCUT2D eigenvalue weighted by atomic mass is 10.3. The van der Waals surface area contributed by atoms with Crippen LogP contribution in [0.15, 0.2) is 53.3 Å². The summed E-state index contributed by atoms with van der Waals surface area (Å²) in [6.45, 7) is 0.410. The molecule has 3 aromatic heterocycles. The van der Waals surface area contributed by atoms with Crippen molar-refractivity contribution < 1.29 is 0 Å². The Morgan fingerprint density at radius 2 is 1.96 bits per heavy atom. The van der Waals surface area contributed by atoms with Crippen LogP contribution in [0.4, 0.5) is 10.8 Å². The van der Waals surface area contributed by atoms with Crippen molar-refractivity contribution in [2.24, 2.45) is 0 Å².